The van der Waals surface area contributed by atoms with Crippen LogP contribution in [0, 0.1) is 11.6 Å². The van der Waals surface area contributed by atoms with Crippen LogP contribution in [-0.2, 0) is 6.61 Å². The van der Waals surface area contributed by atoms with E-state index < -0.39 is 5.82 Å². The van der Waals surface area contributed by atoms with Gasteiger partial charge in [0.25, 0.3) is 0 Å². The van der Waals surface area contributed by atoms with Gasteiger partial charge in [-0.2, -0.15) is 5.10 Å². The van der Waals surface area contributed by atoms with Crippen LogP contribution in [0.3, 0.4) is 0 Å². The van der Waals surface area contributed by atoms with Crippen molar-refractivity contribution in [3.63, 3.8) is 0 Å². The molecule has 0 bridgehead atoms. The Balaban J connectivity index is 1.73. The monoisotopic (exact) mass is 326 g/mol. The first-order valence-corrected chi connectivity index (χ1v) is 7.25. The van der Waals surface area contributed by atoms with E-state index in [9.17, 15) is 8.78 Å². The summed E-state index contributed by atoms with van der Waals surface area (Å²) in [6.45, 7) is -0.224. The third kappa shape index (κ3) is 2.44. The van der Waals surface area contributed by atoms with E-state index in [4.69, 9.17) is 5.11 Å². The van der Waals surface area contributed by atoms with Crippen LogP contribution in [-0.4, -0.2) is 25.3 Å². The Hall–Kier alpha value is -3.06. The molecule has 120 valence electrons. The number of hydrogen-bond donors (Lipinski definition) is 3. The molecule has 2 aromatic heterocycles. The van der Waals surface area contributed by atoms with Gasteiger partial charge in [0.2, 0.25) is 0 Å². The fourth-order valence-corrected chi connectivity index (χ4v) is 2.55. The third-order valence-corrected chi connectivity index (χ3v) is 3.77. The van der Waals surface area contributed by atoms with Crippen LogP contribution < -0.4 is 0 Å². The number of hydrogen-bond acceptors (Lipinski definition) is 3. The first-order chi connectivity index (χ1) is 11.6. The lowest BCUT2D eigenvalue weighted by Crippen LogP contribution is -1.89. The normalized spacial score (nSPS) is 11.3. The Morgan fingerprint density at radius 2 is 1.92 bits per heavy atom. The van der Waals surface area contributed by atoms with Crippen molar-refractivity contribution in [3.05, 3.63) is 59.7 Å². The number of rotatable bonds is 3. The Morgan fingerprint density at radius 3 is 2.71 bits per heavy atom. The fourth-order valence-electron chi connectivity index (χ4n) is 2.55. The summed E-state index contributed by atoms with van der Waals surface area (Å²) in [6.07, 6.45) is 0. The summed E-state index contributed by atoms with van der Waals surface area (Å²) in [5.74, 6) is -0.343. The molecule has 2 aromatic carbocycles. The topological polar surface area (TPSA) is 77.6 Å². The van der Waals surface area contributed by atoms with Crippen molar-refractivity contribution in [2.45, 2.75) is 6.61 Å². The summed E-state index contributed by atoms with van der Waals surface area (Å²) in [5, 5.41) is 15.9. The lowest BCUT2D eigenvalue weighted by molar-refractivity contribution is 0.281. The molecule has 0 fully saturated rings. The number of aromatic nitrogens is 4. The smallest absolute Gasteiger partial charge is 0.156 e. The molecule has 5 nitrogen and oxygen atoms in total. The number of imidazole rings is 1. The molecule has 4 rings (SSSR count). The van der Waals surface area contributed by atoms with Crippen LogP contribution in [0.25, 0.3) is 33.8 Å². The number of aliphatic hydroxyl groups is 1. The Kier molecular flexibility index (Phi) is 3.35. The Bertz CT molecular complexity index is 1040. The van der Waals surface area contributed by atoms with Gasteiger partial charge in [0, 0.05) is 11.6 Å². The molecule has 4 aromatic rings. The molecule has 0 aliphatic rings. The number of fused-ring (bicyclic) bond motifs is 1. The van der Waals surface area contributed by atoms with E-state index in [0.717, 1.165) is 0 Å². The highest BCUT2D eigenvalue weighted by molar-refractivity contribution is 5.79. The van der Waals surface area contributed by atoms with Crippen molar-refractivity contribution >= 4 is 11.0 Å². The molecule has 0 saturated heterocycles. The quantitative estimate of drug-likeness (QED) is 0.540. The highest BCUT2D eigenvalue weighted by Gasteiger charge is 2.13. The predicted octanol–water partition coefficient (Wildman–Crippen LogP) is 3.39. The number of nitrogens with zero attached hydrogens (tertiary/aromatic N) is 2. The second kappa shape index (κ2) is 5.54. The zero-order chi connectivity index (χ0) is 16.7. The first kappa shape index (κ1) is 14.5. The van der Waals surface area contributed by atoms with E-state index in [2.05, 4.69) is 20.2 Å². The zero-order valence-corrected chi connectivity index (χ0v) is 12.3. The zero-order valence-electron chi connectivity index (χ0n) is 12.3. The summed E-state index contributed by atoms with van der Waals surface area (Å²) in [4.78, 5) is 7.37. The average Bonchev–Trinajstić information content (AvgIpc) is 3.20. The lowest BCUT2D eigenvalue weighted by atomic mass is 10.1. The molecule has 0 unspecified atom stereocenters. The maximum Gasteiger partial charge on any atom is 0.156 e. The second-order valence-electron chi connectivity index (χ2n) is 5.39. The minimum absolute atomic E-state index is 0.224. The summed E-state index contributed by atoms with van der Waals surface area (Å²) >= 11 is 0. The van der Waals surface area contributed by atoms with E-state index in [1.54, 1.807) is 24.3 Å². The average molecular weight is 326 g/mol. The highest BCUT2D eigenvalue weighted by Crippen LogP contribution is 2.26. The van der Waals surface area contributed by atoms with E-state index in [0.29, 0.717) is 39.4 Å². The number of benzene rings is 2. The van der Waals surface area contributed by atoms with E-state index in [-0.39, 0.29) is 12.4 Å². The molecule has 3 N–H and O–H groups in total. The van der Waals surface area contributed by atoms with Crippen molar-refractivity contribution in [1.29, 1.82) is 0 Å². The van der Waals surface area contributed by atoms with E-state index in [1.165, 1.54) is 18.2 Å². The standard InChI is InChI=1S/C17H12F2N4O/c18-10-2-4-13-15(6-10)21-17(20-13)16-7-14(22-23-16)11-3-1-9(8-24)5-12(11)19/h1-7,24H,8H2,(H,20,21)(H,22,23). The summed E-state index contributed by atoms with van der Waals surface area (Å²) in [7, 11) is 0. The van der Waals surface area contributed by atoms with Gasteiger partial charge in [-0.25, -0.2) is 13.8 Å². The SMILES string of the molecule is OCc1ccc(-c2cc(-c3nc4cc(F)ccc4[nH]3)[nH]n2)c(F)c1. The molecular formula is C17H12F2N4O. The summed E-state index contributed by atoms with van der Waals surface area (Å²) < 4.78 is 27.4. The number of aliphatic hydroxyl groups excluding tert-OH is 1. The van der Waals surface area contributed by atoms with E-state index in [1.807, 2.05) is 0 Å². The van der Waals surface area contributed by atoms with Crippen molar-refractivity contribution in [2.24, 2.45) is 0 Å². The molecule has 0 atom stereocenters. The fraction of sp³-hybridized carbons (Fsp3) is 0.0588. The molecule has 24 heavy (non-hydrogen) atoms. The molecule has 0 radical (unpaired) electrons. The van der Waals surface area contributed by atoms with Crippen molar-refractivity contribution in [3.8, 4) is 22.8 Å². The number of aromatic amines is 2. The van der Waals surface area contributed by atoms with Crippen LogP contribution in [0.5, 0.6) is 0 Å². The summed E-state index contributed by atoms with van der Waals surface area (Å²) in [5.41, 5.74) is 2.98. The van der Waals surface area contributed by atoms with E-state index >= 15 is 0 Å². The van der Waals surface area contributed by atoms with Gasteiger partial charge in [-0.05, 0) is 35.9 Å². The molecule has 2 heterocycles. The number of halogens is 2. The number of nitrogens with one attached hydrogen (secondary N) is 2. The minimum atomic E-state index is -0.466. The number of H-pyrrole nitrogens is 2. The van der Waals surface area contributed by atoms with Gasteiger partial charge >= 0.3 is 0 Å². The molecule has 7 heteroatoms. The van der Waals surface area contributed by atoms with Crippen LogP contribution in [0.4, 0.5) is 8.78 Å². The van der Waals surface area contributed by atoms with Crippen molar-refractivity contribution in [1.82, 2.24) is 20.2 Å². The molecule has 0 spiro atoms. The maximum absolute atomic E-state index is 14.1. The minimum Gasteiger partial charge on any atom is -0.392 e. The molecule has 0 amide bonds. The lowest BCUT2D eigenvalue weighted by Gasteiger charge is -2.01. The van der Waals surface area contributed by atoms with Gasteiger partial charge in [0.1, 0.15) is 17.3 Å². The Labute approximate surface area is 135 Å². The van der Waals surface area contributed by atoms with Crippen molar-refractivity contribution < 1.29 is 13.9 Å². The second-order valence-corrected chi connectivity index (χ2v) is 5.39. The maximum atomic E-state index is 14.1. The van der Waals surface area contributed by atoms with Crippen molar-refractivity contribution in [2.75, 3.05) is 0 Å². The summed E-state index contributed by atoms with van der Waals surface area (Å²) in [6, 6.07) is 10.4. The van der Waals surface area contributed by atoms with Crippen LogP contribution in [0.2, 0.25) is 0 Å². The molecular weight excluding hydrogens is 314 g/mol. The first-order valence-electron chi connectivity index (χ1n) is 7.25. The van der Waals surface area contributed by atoms with Gasteiger partial charge in [0.15, 0.2) is 5.82 Å². The molecule has 0 saturated carbocycles. The molecule has 0 aliphatic heterocycles. The predicted molar refractivity (Wildman–Crippen MR) is 85.0 cm³/mol. The Morgan fingerprint density at radius 1 is 1.04 bits per heavy atom. The van der Waals surface area contributed by atoms with Gasteiger partial charge in [-0.1, -0.05) is 6.07 Å². The van der Waals surface area contributed by atoms with Crippen LogP contribution in [0.15, 0.2) is 42.5 Å². The van der Waals surface area contributed by atoms with Crippen LogP contribution >= 0.6 is 0 Å². The van der Waals surface area contributed by atoms with Gasteiger partial charge in [-0.3, -0.25) is 5.10 Å². The highest BCUT2D eigenvalue weighted by atomic mass is 19.1. The van der Waals surface area contributed by atoms with Crippen LogP contribution in [0.1, 0.15) is 5.56 Å². The van der Waals surface area contributed by atoms with Gasteiger partial charge in [-0.15, -0.1) is 0 Å². The largest absolute Gasteiger partial charge is 0.392 e. The third-order valence-electron chi connectivity index (χ3n) is 3.77. The van der Waals surface area contributed by atoms with Gasteiger partial charge < -0.3 is 10.1 Å². The molecule has 0 aliphatic carbocycles. The van der Waals surface area contributed by atoms with Gasteiger partial charge in [0.05, 0.1) is 23.3 Å².